The zero-order chi connectivity index (χ0) is 17.6. The molecule has 0 N–H and O–H groups in total. The smallest absolute Gasteiger partial charge is 0.316 e. The number of methoxy groups -OCH3 is 1. The van der Waals surface area contributed by atoms with Crippen LogP contribution in [0.2, 0.25) is 18.1 Å². The molecule has 0 aromatic rings. The van der Waals surface area contributed by atoms with Crippen LogP contribution in [-0.4, -0.2) is 33.3 Å². The van der Waals surface area contributed by atoms with Crippen molar-refractivity contribution in [2.45, 2.75) is 77.6 Å². The first-order valence-electron chi connectivity index (χ1n) is 8.72. The van der Waals surface area contributed by atoms with Gasteiger partial charge in [0.2, 0.25) is 0 Å². The van der Waals surface area contributed by atoms with Gasteiger partial charge in [0.25, 0.3) is 0 Å². The van der Waals surface area contributed by atoms with Crippen molar-refractivity contribution in [3.63, 3.8) is 0 Å². The van der Waals surface area contributed by atoms with E-state index in [0.717, 1.165) is 19.3 Å². The maximum absolute atomic E-state index is 12.3. The zero-order valence-electron chi connectivity index (χ0n) is 15.7. The van der Waals surface area contributed by atoms with Gasteiger partial charge in [0.15, 0.2) is 8.32 Å². The average molecular weight is 341 g/mol. The van der Waals surface area contributed by atoms with Crippen molar-refractivity contribution in [1.82, 2.24) is 0 Å². The van der Waals surface area contributed by atoms with Crippen LogP contribution in [0, 0.1) is 17.3 Å². The quantitative estimate of drug-likeness (QED) is 0.443. The van der Waals surface area contributed by atoms with Gasteiger partial charge in [-0.15, -0.1) is 0 Å². The van der Waals surface area contributed by atoms with Crippen LogP contribution in [0.5, 0.6) is 0 Å². The highest BCUT2D eigenvalue weighted by Gasteiger charge is 2.58. The largest absolute Gasteiger partial charge is 0.468 e. The summed E-state index contributed by atoms with van der Waals surface area (Å²) in [5, 5.41) is 0.160. The summed E-state index contributed by atoms with van der Waals surface area (Å²) in [6, 6.07) is 0. The first kappa shape index (κ1) is 18.7. The van der Waals surface area contributed by atoms with E-state index < -0.39 is 14.2 Å². The fraction of sp³-hybridized carbons (Fsp3) is 0.889. The molecule has 2 aliphatic rings. The van der Waals surface area contributed by atoms with E-state index >= 15 is 0 Å². The van der Waals surface area contributed by atoms with Crippen LogP contribution < -0.4 is 0 Å². The number of ketones is 1. The normalized spacial score (nSPS) is 35.1. The van der Waals surface area contributed by atoms with Crippen molar-refractivity contribution in [2.75, 3.05) is 7.11 Å². The van der Waals surface area contributed by atoms with Crippen molar-refractivity contribution in [1.29, 1.82) is 0 Å². The highest BCUT2D eigenvalue weighted by atomic mass is 28.4. The minimum atomic E-state index is -1.87. The van der Waals surface area contributed by atoms with E-state index in [4.69, 9.17) is 9.16 Å². The number of hydrogen-bond donors (Lipinski definition) is 0. The predicted molar refractivity (Wildman–Crippen MR) is 92.6 cm³/mol. The topological polar surface area (TPSA) is 52.6 Å². The van der Waals surface area contributed by atoms with Crippen LogP contribution in [0.4, 0.5) is 0 Å². The first-order valence-corrected chi connectivity index (χ1v) is 11.6. The molecule has 0 amide bonds. The van der Waals surface area contributed by atoms with Crippen LogP contribution in [0.1, 0.15) is 53.4 Å². The second kappa shape index (κ2) is 5.99. The van der Waals surface area contributed by atoms with Crippen molar-refractivity contribution >= 4 is 20.1 Å². The zero-order valence-corrected chi connectivity index (χ0v) is 16.7. The summed E-state index contributed by atoms with van der Waals surface area (Å²) < 4.78 is 11.6. The number of carbonyl (C=O) groups is 2. The molecule has 4 atom stereocenters. The lowest BCUT2D eigenvalue weighted by molar-refractivity contribution is -0.157. The lowest BCUT2D eigenvalue weighted by Crippen LogP contribution is -2.51. The molecule has 2 fully saturated rings. The van der Waals surface area contributed by atoms with Gasteiger partial charge >= 0.3 is 5.97 Å². The van der Waals surface area contributed by atoms with Gasteiger partial charge in [-0.3, -0.25) is 9.59 Å². The lowest BCUT2D eigenvalue weighted by Gasteiger charge is -2.47. The maximum atomic E-state index is 12.3. The molecule has 2 rings (SSSR count). The molecule has 0 radical (unpaired) electrons. The molecule has 2 saturated carbocycles. The summed E-state index contributed by atoms with van der Waals surface area (Å²) in [4.78, 5) is 24.4. The third-order valence-electron chi connectivity index (χ3n) is 6.68. The number of esters is 1. The fourth-order valence-electron chi connectivity index (χ4n) is 4.04. The van der Waals surface area contributed by atoms with Gasteiger partial charge in [-0.2, -0.15) is 0 Å². The Kier molecular flexibility index (Phi) is 4.86. The average Bonchev–Trinajstić information content (AvgIpc) is 2.74. The van der Waals surface area contributed by atoms with E-state index in [1.54, 1.807) is 0 Å². The minimum absolute atomic E-state index is 0.0484. The fourth-order valence-corrected chi connectivity index (χ4v) is 5.50. The minimum Gasteiger partial charge on any atom is -0.468 e. The Bertz CT molecular complexity index is 486. The Morgan fingerprint density at radius 3 is 2.39 bits per heavy atom. The summed E-state index contributed by atoms with van der Waals surface area (Å²) in [6.07, 6.45) is 3.25. The molecule has 5 heteroatoms. The molecule has 0 heterocycles. The number of ether oxygens (including phenoxy) is 1. The number of hydrogen-bond acceptors (Lipinski definition) is 4. The monoisotopic (exact) mass is 340 g/mol. The van der Waals surface area contributed by atoms with E-state index in [-0.39, 0.29) is 34.2 Å². The molecular weight excluding hydrogens is 308 g/mol. The number of carbonyl (C=O) groups excluding carboxylic acids is 2. The molecule has 132 valence electrons. The molecule has 1 unspecified atom stereocenters. The Morgan fingerprint density at radius 1 is 1.26 bits per heavy atom. The van der Waals surface area contributed by atoms with Gasteiger partial charge < -0.3 is 9.16 Å². The van der Waals surface area contributed by atoms with Crippen molar-refractivity contribution in [3.05, 3.63) is 0 Å². The molecule has 0 aromatic heterocycles. The SMILES string of the molecule is COC(=O)[C@@H]1C(=O)CC[C@]2(C)C(O[Si](C)(C)C(C)(C)C)CC[C@@H]12. The molecule has 0 aromatic carbocycles. The van der Waals surface area contributed by atoms with Crippen LogP contribution in [-0.2, 0) is 18.8 Å². The first-order chi connectivity index (χ1) is 10.4. The summed E-state index contributed by atoms with van der Waals surface area (Å²) in [5.74, 6) is -0.844. The lowest BCUT2D eigenvalue weighted by atomic mass is 9.63. The van der Waals surface area contributed by atoms with E-state index in [9.17, 15) is 9.59 Å². The second-order valence-corrected chi connectivity index (χ2v) is 13.8. The van der Waals surface area contributed by atoms with Crippen LogP contribution in [0.3, 0.4) is 0 Å². The molecule has 0 bridgehead atoms. The van der Waals surface area contributed by atoms with Gasteiger partial charge in [0.05, 0.1) is 13.2 Å². The van der Waals surface area contributed by atoms with Gasteiger partial charge in [-0.1, -0.05) is 27.7 Å². The Hall–Kier alpha value is -0.683. The summed E-state index contributed by atoms with van der Waals surface area (Å²) in [6.45, 7) is 13.5. The van der Waals surface area contributed by atoms with Crippen molar-refractivity contribution in [3.8, 4) is 0 Å². The van der Waals surface area contributed by atoms with Gasteiger partial charge in [-0.05, 0) is 48.7 Å². The van der Waals surface area contributed by atoms with E-state index in [0.29, 0.717) is 6.42 Å². The number of Topliss-reactive ketones (excluding diaryl/α,β-unsaturated/α-hetero) is 1. The third kappa shape index (κ3) is 3.14. The Balaban J connectivity index is 2.25. The Labute approximate surface area is 141 Å². The van der Waals surface area contributed by atoms with Crippen molar-refractivity contribution in [2.24, 2.45) is 17.3 Å². The number of rotatable bonds is 3. The van der Waals surface area contributed by atoms with E-state index in [2.05, 4.69) is 40.8 Å². The highest BCUT2D eigenvalue weighted by molar-refractivity contribution is 6.74. The summed E-state index contributed by atoms with van der Waals surface area (Å²) in [7, 11) is -0.494. The third-order valence-corrected chi connectivity index (χ3v) is 11.2. The van der Waals surface area contributed by atoms with Gasteiger partial charge in [0.1, 0.15) is 11.7 Å². The van der Waals surface area contributed by atoms with Gasteiger partial charge in [-0.25, -0.2) is 0 Å². The second-order valence-electron chi connectivity index (χ2n) is 9.02. The molecule has 2 aliphatic carbocycles. The molecule has 0 saturated heterocycles. The molecule has 23 heavy (non-hydrogen) atoms. The molecule has 0 aliphatic heterocycles. The van der Waals surface area contributed by atoms with Crippen LogP contribution in [0.15, 0.2) is 0 Å². The maximum Gasteiger partial charge on any atom is 0.316 e. The molecule has 0 spiro atoms. The highest BCUT2D eigenvalue weighted by Crippen LogP contribution is 2.56. The Morgan fingerprint density at radius 2 is 1.87 bits per heavy atom. The summed E-state index contributed by atoms with van der Waals surface area (Å²) in [5.41, 5.74) is -0.0950. The van der Waals surface area contributed by atoms with E-state index in [1.165, 1.54) is 7.11 Å². The standard InChI is InChI=1S/C18H32O4Si/c1-17(2,3)23(6,7)22-14-9-8-12-15(16(20)21-5)13(19)10-11-18(12,14)4/h12,14-15H,8-11H2,1-7H3/t12-,14?,15-,18-/m0/s1. The molecular formula is C18H32O4Si. The van der Waals surface area contributed by atoms with Gasteiger partial charge in [0, 0.05) is 6.42 Å². The predicted octanol–water partition coefficient (Wildman–Crippen LogP) is 3.95. The van der Waals surface area contributed by atoms with Crippen molar-refractivity contribution < 1.29 is 18.8 Å². The van der Waals surface area contributed by atoms with E-state index in [1.807, 2.05) is 0 Å². The molecule has 4 nitrogen and oxygen atoms in total. The summed E-state index contributed by atoms with van der Waals surface area (Å²) >= 11 is 0. The van der Waals surface area contributed by atoms with Crippen LogP contribution in [0.25, 0.3) is 0 Å². The van der Waals surface area contributed by atoms with Crippen LogP contribution >= 0.6 is 0 Å². The number of fused-ring (bicyclic) bond motifs is 1.